The largest absolute Gasteiger partial charge is 0.477 e. The molecule has 126 heavy (non-hydrogen) atoms. The molecule has 3 aromatic heterocycles. The van der Waals surface area contributed by atoms with E-state index in [1.165, 1.54) is 51.9 Å². The third kappa shape index (κ3) is 25.2. The number of hydrogen-bond acceptors (Lipinski definition) is 15. The van der Waals surface area contributed by atoms with E-state index in [1.807, 2.05) is 66.9 Å². The Labute approximate surface area is 733 Å². The number of ether oxygens (including phenoxy) is 6. The first kappa shape index (κ1) is 99.0. The number of rotatable bonds is 18. The molecule has 12 rings (SSSR count). The number of carboxylic acids is 1. The van der Waals surface area contributed by atoms with Gasteiger partial charge in [-0.3, -0.25) is 19.2 Å². The van der Waals surface area contributed by atoms with Crippen LogP contribution in [0.3, 0.4) is 0 Å². The molecule has 6 amide bonds. The Balaban J connectivity index is 0.000000258. The van der Waals surface area contributed by atoms with E-state index in [9.17, 15) is 74.9 Å². The predicted octanol–water partition coefficient (Wildman–Crippen LogP) is 20.3. The summed E-state index contributed by atoms with van der Waals surface area (Å²) < 4.78 is 122. The van der Waals surface area contributed by atoms with Crippen LogP contribution in [-0.2, 0) is 20.8 Å². The van der Waals surface area contributed by atoms with Gasteiger partial charge in [-0.2, -0.15) is 0 Å². The van der Waals surface area contributed by atoms with Gasteiger partial charge in [0.1, 0.15) is 39.7 Å². The van der Waals surface area contributed by atoms with Gasteiger partial charge in [-0.05, 0) is 233 Å². The molecule has 3 fully saturated rings. The highest BCUT2D eigenvalue weighted by Crippen LogP contribution is 2.42. The lowest BCUT2D eigenvalue weighted by Crippen LogP contribution is -2.41. The van der Waals surface area contributed by atoms with Crippen LogP contribution in [0, 0.1) is 34.9 Å². The van der Waals surface area contributed by atoms with Gasteiger partial charge in [0.2, 0.25) is 0 Å². The zero-order chi connectivity index (χ0) is 91.2. The molecule has 0 spiro atoms. The number of carboxylic acid groups (broad SMARTS) is 1. The molecule has 25 nitrogen and oxygen atoms in total. The molecular weight excluding hydrogens is 1640 g/mol. The molecule has 675 valence electrons. The Kier molecular flexibility index (Phi) is 31.3. The smallest absolute Gasteiger partial charge is 0.410 e. The zero-order valence-electron chi connectivity index (χ0n) is 73.4. The topological polar surface area (TPSA) is 293 Å². The monoisotopic (exact) mass is 1750 g/mol. The summed E-state index contributed by atoms with van der Waals surface area (Å²) in [5.74, 6) is -8.72. The fourth-order valence-corrected chi connectivity index (χ4v) is 14.2. The second-order valence-corrected chi connectivity index (χ2v) is 36.5. The molecule has 6 heterocycles. The maximum Gasteiger partial charge on any atom is 0.410 e. The number of amides is 6. The lowest BCUT2D eigenvalue weighted by molar-refractivity contribution is 0.0278. The summed E-state index contributed by atoms with van der Waals surface area (Å²) in [5.41, 5.74) is 0.259. The molecule has 3 aliphatic rings. The molecule has 32 heteroatoms. The van der Waals surface area contributed by atoms with Crippen LogP contribution in [0.15, 0.2) is 146 Å². The number of benzene rings is 6. The SMILES string of the molecule is C.CC(C)(C)NC(=O)c1c(-c2ccc(Oc3c(F)cccc3F)cc2)cn([C@@H]2CCN(C(=O)OC(C)(C)C)C2)c1C(=O)O.CC(C)(C)NC(=O)c1c(-c2ccc(Oc3c(F)cccc3F)cc2)cn([C@@H]2CCN(C(=O)OC(C)(C)C)C2)c1C=O.CC(C)(C)NC(=O)c1c(-c2ccc(Oc3c(F)cccc3F)cc2)cn([C@@H]2CCN(C(=O)OC(C)(C)C)C2)c1CO.[2HH].[B]. The van der Waals surface area contributed by atoms with Crippen molar-refractivity contribution in [3.05, 3.63) is 215 Å². The Bertz CT molecular complexity index is 5390. The number of likely N-dealkylation sites (tertiary alicyclic amines) is 3. The van der Waals surface area contributed by atoms with Crippen LogP contribution >= 0.6 is 0 Å². The average Bonchev–Trinajstić information content (AvgIpc) is 1.61. The molecule has 9 aromatic rings. The first-order valence-corrected chi connectivity index (χ1v) is 40.5. The van der Waals surface area contributed by atoms with Gasteiger partial charge in [-0.15, -0.1) is 0 Å². The lowest BCUT2D eigenvalue weighted by Gasteiger charge is -2.25. The lowest BCUT2D eigenvalue weighted by atomic mass is 10.0. The first-order valence-electron chi connectivity index (χ1n) is 40.5. The number of halogens is 6. The van der Waals surface area contributed by atoms with Crippen LogP contribution in [0.2, 0.25) is 0 Å². The maximum absolute atomic E-state index is 14.1. The van der Waals surface area contributed by atoms with E-state index in [0.717, 1.165) is 36.4 Å². The van der Waals surface area contributed by atoms with E-state index < -0.39 is 134 Å². The Morgan fingerprint density at radius 1 is 0.413 bits per heavy atom. The fraction of sp³-hybridized carbons (Fsp3) is 0.404. The van der Waals surface area contributed by atoms with Crippen LogP contribution in [0.5, 0.6) is 34.5 Å². The van der Waals surface area contributed by atoms with E-state index in [1.54, 1.807) is 144 Å². The van der Waals surface area contributed by atoms with Crippen LogP contribution in [0.25, 0.3) is 33.4 Å². The molecule has 0 unspecified atom stereocenters. The van der Waals surface area contributed by atoms with Crippen molar-refractivity contribution in [1.82, 2.24) is 44.4 Å². The van der Waals surface area contributed by atoms with Gasteiger partial charge in [0.25, 0.3) is 17.7 Å². The third-order valence-corrected chi connectivity index (χ3v) is 19.4. The van der Waals surface area contributed by atoms with Crippen molar-refractivity contribution >= 4 is 56.7 Å². The molecule has 6 aromatic carbocycles. The van der Waals surface area contributed by atoms with Crippen molar-refractivity contribution in [1.29, 1.82) is 0 Å². The van der Waals surface area contributed by atoms with Crippen molar-refractivity contribution in [2.75, 3.05) is 39.3 Å². The van der Waals surface area contributed by atoms with Crippen molar-refractivity contribution in [2.24, 2.45) is 0 Å². The first-order chi connectivity index (χ1) is 57.9. The van der Waals surface area contributed by atoms with Gasteiger partial charge >= 0.3 is 24.2 Å². The van der Waals surface area contributed by atoms with Gasteiger partial charge < -0.3 is 83.0 Å². The Morgan fingerprint density at radius 3 is 0.976 bits per heavy atom. The summed E-state index contributed by atoms with van der Waals surface area (Å²) in [6.45, 7) is 34.3. The number of aliphatic hydroxyl groups excluding tert-OH is 1. The fourth-order valence-electron chi connectivity index (χ4n) is 14.2. The number of aromatic nitrogens is 3. The van der Waals surface area contributed by atoms with Crippen LogP contribution in [-0.4, -0.2) is 168 Å². The number of para-hydroxylation sites is 3. The van der Waals surface area contributed by atoms with E-state index >= 15 is 0 Å². The van der Waals surface area contributed by atoms with Gasteiger partial charge in [-0.1, -0.05) is 62.0 Å². The molecular formula is C94H113BF6N9O16. The zero-order valence-corrected chi connectivity index (χ0v) is 73.4. The van der Waals surface area contributed by atoms with E-state index in [-0.39, 0.29) is 81.6 Å². The van der Waals surface area contributed by atoms with Gasteiger partial charge in [-0.25, -0.2) is 45.5 Å². The number of nitrogens with one attached hydrogen (secondary N) is 3. The number of carbonyl (C=O) groups is 8. The molecule has 3 atom stereocenters. The molecule has 5 N–H and O–H groups in total. The average molecular weight is 1750 g/mol. The van der Waals surface area contributed by atoms with Crippen molar-refractivity contribution in [3.8, 4) is 67.9 Å². The van der Waals surface area contributed by atoms with Crippen LogP contribution < -0.4 is 30.2 Å². The molecule has 3 aliphatic heterocycles. The summed E-state index contributed by atoms with van der Waals surface area (Å²) in [4.78, 5) is 108. The Morgan fingerprint density at radius 2 is 0.683 bits per heavy atom. The molecule has 3 radical (unpaired) electrons. The van der Waals surface area contributed by atoms with Gasteiger partial charge in [0, 0.05) is 101 Å². The molecule has 3 saturated heterocycles. The standard InChI is InChI=1S/C31H35F2N3O6.C31H37F2N3O5.C31H35F2N3O5.CH4.B.H2/c1-30(2,3)34-27(37)24-21(18-10-12-20(13-11-18)41-26-22(32)8-7-9-23(26)33)17-36(25(24)28(38)39)19-14-15-35(16-19)29(40)42-31(4,5)6;2*1-30(2,3)34-28(38)26-22(19-10-12-21(13-11-19)40-27-23(32)8-7-9-24(27)33)17-36(25(26)18-37)20-14-15-35(16-20)29(39)41-31(4,5)6;;;/h7-13,17,19H,14-16H2,1-6H3,(H,34,37)(H,38,39);7-13,17,20,37H,14-16,18H2,1-6H3,(H,34,38);7-13,17-18,20H,14-16H2,1-6H3,(H,34,38);1H4;;1H/t19-;2*20-;;;/m111.../s1/i;;;;;1+1. The minimum atomic E-state index is -1.30. The number of aromatic carboxylic acids is 1. The maximum atomic E-state index is 14.1. The number of carbonyl (C=O) groups excluding carboxylic acids is 7. The minimum absolute atomic E-state index is 0. The highest BCUT2D eigenvalue weighted by atomic mass is 19.2. The van der Waals surface area contributed by atoms with Crippen molar-refractivity contribution < 1.29 is 105 Å². The highest BCUT2D eigenvalue weighted by Gasteiger charge is 2.40. The summed E-state index contributed by atoms with van der Waals surface area (Å²) in [7, 11) is 0. The van der Waals surface area contributed by atoms with E-state index in [2.05, 4.69) is 16.0 Å². The number of aldehydes is 1. The van der Waals surface area contributed by atoms with Crippen LogP contribution in [0.4, 0.5) is 40.7 Å². The normalized spacial score (nSPS) is 15.3. The number of hydrogen-bond donors (Lipinski definition) is 5. The summed E-state index contributed by atoms with van der Waals surface area (Å²) >= 11 is 0. The second-order valence-electron chi connectivity index (χ2n) is 36.5. The summed E-state index contributed by atoms with van der Waals surface area (Å²) in [5, 5.41) is 29.5. The molecule has 0 aliphatic carbocycles. The van der Waals surface area contributed by atoms with Gasteiger partial charge in [0.15, 0.2) is 58.4 Å². The predicted molar refractivity (Wildman–Crippen MR) is 468 cm³/mol. The van der Waals surface area contributed by atoms with Crippen molar-refractivity contribution in [3.63, 3.8) is 0 Å². The van der Waals surface area contributed by atoms with Gasteiger partial charge in [0.05, 0.1) is 52.8 Å². The van der Waals surface area contributed by atoms with Crippen LogP contribution in [0.1, 0.15) is 229 Å². The van der Waals surface area contributed by atoms with E-state index in [0.29, 0.717) is 103 Å². The minimum Gasteiger partial charge on any atom is -0.477 e. The number of aliphatic hydroxyl groups is 1. The molecule has 0 bridgehead atoms. The highest BCUT2D eigenvalue weighted by molar-refractivity contribution is 6.10. The Hall–Kier alpha value is -12.5. The number of nitrogens with zero attached hydrogens (tertiary/aromatic N) is 6. The van der Waals surface area contributed by atoms with Crippen molar-refractivity contribution in [2.45, 2.75) is 209 Å². The summed E-state index contributed by atoms with van der Waals surface area (Å²) in [6, 6.07) is 28.4. The molecule has 0 saturated carbocycles. The van der Waals surface area contributed by atoms with E-state index in [4.69, 9.17) is 28.4 Å². The summed E-state index contributed by atoms with van der Waals surface area (Å²) in [6.07, 6.45) is 6.06. The second kappa shape index (κ2) is 39.8. The third-order valence-electron chi connectivity index (χ3n) is 19.4. The quantitative estimate of drug-likeness (QED) is 0.0231.